The lowest BCUT2D eigenvalue weighted by Crippen LogP contribution is -2.04. The average Bonchev–Trinajstić information content (AvgIpc) is 2.46. The minimum Gasteiger partial charge on any atom is -0.461 e. The third-order valence-corrected chi connectivity index (χ3v) is 3.70. The molecule has 0 aliphatic carbocycles. The van der Waals surface area contributed by atoms with Crippen molar-refractivity contribution in [2.45, 2.75) is 80.1 Å². The number of hydrogen-bond donors (Lipinski definition) is 0. The molecule has 0 saturated carbocycles. The van der Waals surface area contributed by atoms with E-state index in [1.54, 1.807) is 0 Å². The van der Waals surface area contributed by atoms with Gasteiger partial charge in [-0.2, -0.15) is 0 Å². The van der Waals surface area contributed by atoms with Crippen LogP contribution in [0.4, 0.5) is 0 Å². The fourth-order valence-electron chi connectivity index (χ4n) is 2.17. The second kappa shape index (κ2) is 13.8. The Kier molecular flexibility index (Phi) is 12.9. The zero-order valence-electron chi connectivity index (χ0n) is 16.6. The van der Waals surface area contributed by atoms with Crippen molar-refractivity contribution in [3.8, 4) is 0 Å². The number of allylic oxidation sites excluding steroid dienone is 7. The van der Waals surface area contributed by atoms with Crippen molar-refractivity contribution in [1.82, 2.24) is 0 Å². The van der Waals surface area contributed by atoms with Crippen molar-refractivity contribution in [2.24, 2.45) is 0 Å². The van der Waals surface area contributed by atoms with Crippen molar-refractivity contribution < 1.29 is 9.53 Å². The molecule has 0 saturated heterocycles. The normalized spacial score (nSPS) is 11.9. The lowest BCUT2D eigenvalue weighted by molar-refractivity contribution is -0.142. The summed E-state index contributed by atoms with van der Waals surface area (Å²) in [5.41, 5.74) is 5.32. The van der Waals surface area contributed by atoms with Gasteiger partial charge in [0.15, 0.2) is 0 Å². The molecule has 0 aliphatic rings. The van der Waals surface area contributed by atoms with Crippen molar-refractivity contribution in [3.63, 3.8) is 0 Å². The van der Waals surface area contributed by atoms with Crippen molar-refractivity contribution in [2.75, 3.05) is 6.61 Å². The Balaban J connectivity index is 3.90. The smallest absolute Gasteiger partial charge is 0.306 e. The SMILES string of the molecule is CC(C)=CCCC(C)=CCCC(=O)OC/C=C(\C)CCC=C(C)C. The highest BCUT2D eigenvalue weighted by molar-refractivity contribution is 5.69. The Morgan fingerprint density at radius 2 is 1.12 bits per heavy atom. The second-order valence-electron chi connectivity index (χ2n) is 6.96. The summed E-state index contributed by atoms with van der Waals surface area (Å²) < 4.78 is 5.27. The van der Waals surface area contributed by atoms with Crippen LogP contribution in [0.3, 0.4) is 0 Å². The molecule has 0 amide bonds. The summed E-state index contributed by atoms with van der Waals surface area (Å²) in [4.78, 5) is 11.7. The van der Waals surface area contributed by atoms with E-state index in [0.717, 1.165) is 32.1 Å². The van der Waals surface area contributed by atoms with Crippen molar-refractivity contribution in [1.29, 1.82) is 0 Å². The largest absolute Gasteiger partial charge is 0.461 e. The third-order valence-electron chi connectivity index (χ3n) is 3.70. The van der Waals surface area contributed by atoms with Gasteiger partial charge >= 0.3 is 5.97 Å². The summed E-state index contributed by atoms with van der Waals surface area (Å²) in [5.74, 6) is -0.114. The van der Waals surface area contributed by atoms with Gasteiger partial charge in [0.25, 0.3) is 0 Å². The molecule has 0 heterocycles. The first-order valence-corrected chi connectivity index (χ1v) is 9.05. The van der Waals surface area contributed by atoms with Crippen LogP contribution in [0.5, 0.6) is 0 Å². The monoisotopic (exact) mass is 332 g/mol. The Morgan fingerprint density at radius 3 is 1.62 bits per heavy atom. The van der Waals surface area contributed by atoms with Gasteiger partial charge in [0.2, 0.25) is 0 Å². The predicted molar refractivity (Wildman–Crippen MR) is 105 cm³/mol. The summed E-state index contributed by atoms with van der Waals surface area (Å²) in [7, 11) is 0. The highest BCUT2D eigenvalue weighted by Crippen LogP contribution is 2.09. The number of esters is 1. The van der Waals surface area contributed by atoms with Crippen molar-refractivity contribution >= 4 is 5.97 Å². The number of carbonyl (C=O) groups is 1. The van der Waals surface area contributed by atoms with Crippen LogP contribution in [0, 0.1) is 0 Å². The van der Waals surface area contributed by atoms with Gasteiger partial charge in [-0.3, -0.25) is 4.79 Å². The summed E-state index contributed by atoms with van der Waals surface area (Å²) in [6, 6.07) is 0. The molecule has 0 aromatic heterocycles. The van der Waals surface area contributed by atoms with Gasteiger partial charge in [-0.1, -0.05) is 40.5 Å². The number of carbonyl (C=O) groups excluding carboxylic acids is 1. The summed E-state index contributed by atoms with van der Waals surface area (Å²) in [6.07, 6.45) is 14.1. The van der Waals surface area contributed by atoms with E-state index in [0.29, 0.717) is 13.0 Å². The highest BCUT2D eigenvalue weighted by atomic mass is 16.5. The Labute approximate surface area is 149 Å². The fraction of sp³-hybridized carbons (Fsp3) is 0.591. The first-order chi connectivity index (χ1) is 11.3. The molecule has 24 heavy (non-hydrogen) atoms. The van der Waals surface area contributed by atoms with Gasteiger partial charge in [0, 0.05) is 6.42 Å². The van der Waals surface area contributed by atoms with E-state index in [1.807, 2.05) is 6.08 Å². The molecule has 0 unspecified atom stereocenters. The van der Waals surface area contributed by atoms with E-state index in [9.17, 15) is 4.79 Å². The lowest BCUT2D eigenvalue weighted by Gasteiger charge is -2.03. The van der Waals surface area contributed by atoms with Gasteiger partial charge in [0.1, 0.15) is 6.61 Å². The van der Waals surface area contributed by atoms with Crippen LogP contribution >= 0.6 is 0 Å². The minimum atomic E-state index is -0.114. The van der Waals surface area contributed by atoms with Gasteiger partial charge in [-0.25, -0.2) is 0 Å². The molecule has 0 radical (unpaired) electrons. The van der Waals surface area contributed by atoms with E-state index in [4.69, 9.17) is 4.74 Å². The number of ether oxygens (including phenoxy) is 1. The first-order valence-electron chi connectivity index (χ1n) is 9.05. The van der Waals surface area contributed by atoms with Crippen LogP contribution in [-0.4, -0.2) is 12.6 Å². The molecule has 0 aromatic rings. The molecule has 0 N–H and O–H groups in total. The zero-order valence-corrected chi connectivity index (χ0v) is 16.6. The Hall–Kier alpha value is -1.57. The van der Waals surface area contributed by atoms with Crippen LogP contribution in [0.25, 0.3) is 0 Å². The molecule has 0 rings (SSSR count). The maximum absolute atomic E-state index is 11.7. The van der Waals surface area contributed by atoms with Crippen LogP contribution < -0.4 is 0 Å². The molecule has 0 atom stereocenters. The minimum absolute atomic E-state index is 0.114. The lowest BCUT2D eigenvalue weighted by atomic mass is 10.1. The molecule has 2 heteroatoms. The third kappa shape index (κ3) is 15.3. The molecule has 0 aliphatic heterocycles. The predicted octanol–water partition coefficient (Wildman–Crippen LogP) is 6.70. The van der Waals surface area contributed by atoms with E-state index in [2.05, 4.69) is 59.8 Å². The molecule has 0 spiro atoms. The molecule has 0 bridgehead atoms. The topological polar surface area (TPSA) is 26.3 Å². The summed E-state index contributed by atoms with van der Waals surface area (Å²) >= 11 is 0. The van der Waals surface area contributed by atoms with Gasteiger partial charge < -0.3 is 4.74 Å². The molecule has 0 aromatic carbocycles. The van der Waals surface area contributed by atoms with Gasteiger partial charge in [0.05, 0.1) is 0 Å². The molecule has 2 nitrogen and oxygen atoms in total. The second-order valence-corrected chi connectivity index (χ2v) is 6.96. The van der Waals surface area contributed by atoms with E-state index >= 15 is 0 Å². The van der Waals surface area contributed by atoms with E-state index in [-0.39, 0.29) is 5.97 Å². The zero-order chi connectivity index (χ0) is 18.4. The van der Waals surface area contributed by atoms with E-state index in [1.165, 1.54) is 22.3 Å². The average molecular weight is 333 g/mol. The fourth-order valence-corrected chi connectivity index (χ4v) is 2.17. The van der Waals surface area contributed by atoms with Crippen LogP contribution in [0.2, 0.25) is 0 Å². The summed E-state index contributed by atoms with van der Waals surface area (Å²) in [6.45, 7) is 13.1. The standard InChI is InChI=1S/C22H36O2/c1-18(2)10-7-12-20(5)14-9-15-22(23)24-17-16-21(6)13-8-11-19(3)4/h10-11,14,16H,7-9,12-13,15,17H2,1-6H3/b20-14?,21-16+. The van der Waals surface area contributed by atoms with Crippen molar-refractivity contribution in [3.05, 3.63) is 46.6 Å². The van der Waals surface area contributed by atoms with Crippen LogP contribution in [-0.2, 0) is 9.53 Å². The maximum atomic E-state index is 11.7. The van der Waals surface area contributed by atoms with Gasteiger partial charge in [-0.15, -0.1) is 0 Å². The molecular formula is C22H36O2. The highest BCUT2D eigenvalue weighted by Gasteiger charge is 2.00. The Bertz CT molecular complexity index is 438. The maximum Gasteiger partial charge on any atom is 0.306 e. The first kappa shape index (κ1) is 22.4. The number of rotatable bonds is 11. The van der Waals surface area contributed by atoms with Crippen LogP contribution in [0.15, 0.2) is 46.6 Å². The van der Waals surface area contributed by atoms with Crippen LogP contribution in [0.1, 0.15) is 80.1 Å². The quantitative estimate of drug-likeness (QED) is 0.311. The van der Waals surface area contributed by atoms with E-state index < -0.39 is 0 Å². The molecule has 136 valence electrons. The molecular weight excluding hydrogens is 296 g/mol. The number of hydrogen-bond acceptors (Lipinski definition) is 2. The molecule has 0 fully saturated rings. The van der Waals surface area contributed by atoms with Gasteiger partial charge in [-0.05, 0) is 79.7 Å². The Morgan fingerprint density at radius 1 is 0.667 bits per heavy atom. The summed E-state index contributed by atoms with van der Waals surface area (Å²) in [5, 5.41) is 0.